The summed E-state index contributed by atoms with van der Waals surface area (Å²) in [6, 6.07) is 7.86. The standard InChI is InChI=1S/C14H21NOS/c1-14(2,3)12-7-5-6-11(10-12)13(16)15-8-9-17-4/h5-7,10H,8-9H2,1-4H3,(H,15,16). The zero-order chi connectivity index (χ0) is 12.9. The summed E-state index contributed by atoms with van der Waals surface area (Å²) >= 11 is 1.73. The van der Waals surface area contributed by atoms with E-state index in [9.17, 15) is 4.79 Å². The van der Waals surface area contributed by atoms with Gasteiger partial charge in [0.2, 0.25) is 0 Å². The molecule has 0 aromatic heterocycles. The van der Waals surface area contributed by atoms with Crippen LogP contribution in [0, 0.1) is 0 Å². The van der Waals surface area contributed by atoms with Gasteiger partial charge in [-0.05, 0) is 29.4 Å². The highest BCUT2D eigenvalue weighted by Gasteiger charge is 2.15. The van der Waals surface area contributed by atoms with Crippen molar-refractivity contribution in [2.75, 3.05) is 18.6 Å². The van der Waals surface area contributed by atoms with Gasteiger partial charge in [0, 0.05) is 17.9 Å². The first-order valence-corrected chi connectivity index (χ1v) is 7.22. The van der Waals surface area contributed by atoms with Gasteiger partial charge in [-0.2, -0.15) is 11.8 Å². The minimum Gasteiger partial charge on any atom is -0.351 e. The third-order valence-electron chi connectivity index (χ3n) is 2.58. The van der Waals surface area contributed by atoms with Gasteiger partial charge in [-0.1, -0.05) is 32.9 Å². The maximum absolute atomic E-state index is 11.9. The van der Waals surface area contributed by atoms with Crippen LogP contribution in [0.4, 0.5) is 0 Å². The Kier molecular flexibility index (Phi) is 5.06. The van der Waals surface area contributed by atoms with Crippen molar-refractivity contribution >= 4 is 17.7 Å². The Labute approximate surface area is 108 Å². The quantitative estimate of drug-likeness (QED) is 0.833. The van der Waals surface area contributed by atoms with Crippen LogP contribution < -0.4 is 5.32 Å². The molecule has 0 saturated heterocycles. The van der Waals surface area contributed by atoms with Crippen LogP contribution in [0.5, 0.6) is 0 Å². The molecule has 0 aliphatic rings. The lowest BCUT2D eigenvalue weighted by molar-refractivity contribution is 0.0956. The van der Waals surface area contributed by atoms with Gasteiger partial charge in [-0.15, -0.1) is 0 Å². The molecule has 0 spiro atoms. The van der Waals surface area contributed by atoms with E-state index in [1.165, 1.54) is 5.56 Å². The zero-order valence-corrected chi connectivity index (χ0v) is 11.9. The van der Waals surface area contributed by atoms with Crippen molar-refractivity contribution in [3.63, 3.8) is 0 Å². The first-order chi connectivity index (χ1) is 7.95. The van der Waals surface area contributed by atoms with Gasteiger partial charge in [0.15, 0.2) is 0 Å². The molecule has 0 aliphatic carbocycles. The van der Waals surface area contributed by atoms with E-state index < -0.39 is 0 Å². The van der Waals surface area contributed by atoms with Crippen LogP contribution in [0.15, 0.2) is 24.3 Å². The van der Waals surface area contributed by atoms with Crippen LogP contribution in [0.3, 0.4) is 0 Å². The van der Waals surface area contributed by atoms with E-state index in [2.05, 4.69) is 32.2 Å². The molecule has 2 nitrogen and oxygen atoms in total. The third kappa shape index (κ3) is 4.43. The summed E-state index contributed by atoms with van der Waals surface area (Å²) in [6.07, 6.45) is 2.03. The first-order valence-electron chi connectivity index (χ1n) is 5.83. The van der Waals surface area contributed by atoms with Crippen molar-refractivity contribution in [1.82, 2.24) is 5.32 Å². The molecule has 94 valence electrons. The van der Waals surface area contributed by atoms with Gasteiger partial charge in [-0.25, -0.2) is 0 Å². The van der Waals surface area contributed by atoms with Crippen LogP contribution in [0.2, 0.25) is 0 Å². The van der Waals surface area contributed by atoms with Crippen LogP contribution >= 0.6 is 11.8 Å². The topological polar surface area (TPSA) is 29.1 Å². The molecular formula is C14H21NOS. The second-order valence-electron chi connectivity index (χ2n) is 5.08. The van der Waals surface area contributed by atoms with E-state index in [0.29, 0.717) is 0 Å². The molecule has 0 heterocycles. The maximum Gasteiger partial charge on any atom is 0.251 e. The first kappa shape index (κ1) is 14.1. The molecule has 3 heteroatoms. The minimum atomic E-state index is 0.0187. The lowest BCUT2D eigenvalue weighted by Crippen LogP contribution is -2.26. The Morgan fingerprint density at radius 2 is 2.06 bits per heavy atom. The predicted molar refractivity (Wildman–Crippen MR) is 75.9 cm³/mol. The van der Waals surface area contributed by atoms with Crippen molar-refractivity contribution < 1.29 is 4.79 Å². The molecule has 1 aromatic carbocycles. The summed E-state index contributed by atoms with van der Waals surface area (Å²) < 4.78 is 0. The number of hydrogen-bond donors (Lipinski definition) is 1. The van der Waals surface area contributed by atoms with Crippen molar-refractivity contribution in [2.45, 2.75) is 26.2 Å². The van der Waals surface area contributed by atoms with E-state index in [4.69, 9.17) is 0 Å². The Morgan fingerprint density at radius 3 is 2.65 bits per heavy atom. The molecule has 1 rings (SSSR count). The number of amides is 1. The van der Waals surface area contributed by atoms with Crippen molar-refractivity contribution in [1.29, 1.82) is 0 Å². The fourth-order valence-corrected chi connectivity index (χ4v) is 1.80. The van der Waals surface area contributed by atoms with Gasteiger partial charge >= 0.3 is 0 Å². The molecule has 0 aliphatic heterocycles. The van der Waals surface area contributed by atoms with Crippen LogP contribution in [0.25, 0.3) is 0 Å². The normalized spacial score (nSPS) is 11.3. The summed E-state index contributed by atoms with van der Waals surface area (Å²) in [7, 11) is 0. The Balaban J connectivity index is 2.74. The van der Waals surface area contributed by atoms with Crippen molar-refractivity contribution in [3.05, 3.63) is 35.4 Å². The largest absolute Gasteiger partial charge is 0.351 e. The lowest BCUT2D eigenvalue weighted by Gasteiger charge is -2.19. The number of rotatable bonds is 4. The number of thioether (sulfide) groups is 1. The highest BCUT2D eigenvalue weighted by atomic mass is 32.2. The molecule has 1 amide bonds. The fourth-order valence-electron chi connectivity index (χ4n) is 1.50. The third-order valence-corrected chi connectivity index (χ3v) is 3.19. The summed E-state index contributed by atoms with van der Waals surface area (Å²) in [5.74, 6) is 0.968. The lowest BCUT2D eigenvalue weighted by atomic mass is 9.86. The highest BCUT2D eigenvalue weighted by molar-refractivity contribution is 7.98. The molecule has 0 saturated carbocycles. The van der Waals surface area contributed by atoms with E-state index in [-0.39, 0.29) is 11.3 Å². The zero-order valence-electron chi connectivity index (χ0n) is 11.0. The molecule has 0 unspecified atom stereocenters. The molecule has 0 atom stereocenters. The van der Waals surface area contributed by atoms with Gasteiger partial charge in [-0.3, -0.25) is 4.79 Å². The van der Waals surface area contributed by atoms with Gasteiger partial charge in [0.1, 0.15) is 0 Å². The van der Waals surface area contributed by atoms with E-state index in [1.807, 2.05) is 24.5 Å². The molecule has 0 radical (unpaired) electrons. The Hall–Kier alpha value is -0.960. The van der Waals surface area contributed by atoms with E-state index in [1.54, 1.807) is 11.8 Å². The number of carbonyl (C=O) groups is 1. The van der Waals surface area contributed by atoms with E-state index >= 15 is 0 Å². The molecule has 0 fully saturated rings. The minimum absolute atomic E-state index is 0.0187. The fraction of sp³-hybridized carbons (Fsp3) is 0.500. The van der Waals surface area contributed by atoms with Gasteiger partial charge in [0.25, 0.3) is 5.91 Å². The van der Waals surface area contributed by atoms with Crippen LogP contribution in [-0.2, 0) is 5.41 Å². The van der Waals surface area contributed by atoms with Gasteiger partial charge in [0.05, 0.1) is 0 Å². The average molecular weight is 251 g/mol. The molecular weight excluding hydrogens is 230 g/mol. The number of hydrogen-bond acceptors (Lipinski definition) is 2. The predicted octanol–water partition coefficient (Wildman–Crippen LogP) is 3.08. The maximum atomic E-state index is 11.9. The van der Waals surface area contributed by atoms with E-state index in [0.717, 1.165) is 17.9 Å². The molecule has 1 N–H and O–H groups in total. The van der Waals surface area contributed by atoms with Crippen LogP contribution in [0.1, 0.15) is 36.7 Å². The second-order valence-corrected chi connectivity index (χ2v) is 6.07. The summed E-state index contributed by atoms with van der Waals surface area (Å²) in [5.41, 5.74) is 2.02. The molecule has 17 heavy (non-hydrogen) atoms. The summed E-state index contributed by atoms with van der Waals surface area (Å²) in [5, 5.41) is 2.92. The summed E-state index contributed by atoms with van der Waals surface area (Å²) in [6.45, 7) is 7.17. The van der Waals surface area contributed by atoms with Crippen molar-refractivity contribution in [2.24, 2.45) is 0 Å². The van der Waals surface area contributed by atoms with Crippen molar-refractivity contribution in [3.8, 4) is 0 Å². The number of benzene rings is 1. The Morgan fingerprint density at radius 1 is 1.35 bits per heavy atom. The highest BCUT2D eigenvalue weighted by Crippen LogP contribution is 2.22. The summed E-state index contributed by atoms with van der Waals surface area (Å²) in [4.78, 5) is 11.9. The average Bonchev–Trinajstić information content (AvgIpc) is 2.28. The second kappa shape index (κ2) is 6.10. The number of nitrogens with one attached hydrogen (secondary N) is 1. The number of carbonyl (C=O) groups excluding carboxylic acids is 1. The SMILES string of the molecule is CSCCNC(=O)c1cccc(C(C)(C)C)c1. The molecule has 0 bridgehead atoms. The van der Waals surface area contributed by atoms with Gasteiger partial charge < -0.3 is 5.32 Å². The monoisotopic (exact) mass is 251 g/mol. The molecule has 1 aromatic rings. The smallest absolute Gasteiger partial charge is 0.251 e. The van der Waals surface area contributed by atoms with Crippen LogP contribution in [-0.4, -0.2) is 24.5 Å². The Bertz CT molecular complexity index is 382.